The Balaban J connectivity index is 1.58. The van der Waals surface area contributed by atoms with Gasteiger partial charge in [0.25, 0.3) is 0 Å². The molecular weight excluding hydrogens is 333 g/mol. The van der Waals surface area contributed by atoms with E-state index >= 15 is 0 Å². The van der Waals surface area contributed by atoms with Gasteiger partial charge < -0.3 is 14.8 Å². The van der Waals surface area contributed by atoms with Crippen LogP contribution in [0.5, 0.6) is 11.5 Å². The highest BCUT2D eigenvalue weighted by molar-refractivity contribution is 5.76. The molecule has 1 aliphatic rings. The Morgan fingerprint density at radius 1 is 1.31 bits per heavy atom. The summed E-state index contributed by atoms with van der Waals surface area (Å²) in [5.41, 5.74) is 3.00. The first kappa shape index (κ1) is 18.2. The van der Waals surface area contributed by atoms with E-state index in [1.807, 2.05) is 26.0 Å². The lowest BCUT2D eigenvalue weighted by Gasteiger charge is -2.13. The highest BCUT2D eigenvalue weighted by Crippen LogP contribution is 2.35. The molecule has 1 atom stereocenters. The molecule has 1 N–H and O–H groups in total. The van der Waals surface area contributed by atoms with E-state index in [2.05, 4.69) is 5.32 Å². The fourth-order valence-electron chi connectivity index (χ4n) is 3.10. The molecule has 138 valence electrons. The molecule has 1 heterocycles. The number of fused-ring (bicyclic) bond motifs is 1. The van der Waals surface area contributed by atoms with Gasteiger partial charge in [0.1, 0.15) is 23.4 Å². The molecule has 0 fully saturated rings. The quantitative estimate of drug-likeness (QED) is 0.820. The molecule has 0 bridgehead atoms. The summed E-state index contributed by atoms with van der Waals surface area (Å²) < 4.78 is 24.4. The summed E-state index contributed by atoms with van der Waals surface area (Å²) in [6, 6.07) is 10.2. The molecule has 1 aliphatic heterocycles. The van der Waals surface area contributed by atoms with Gasteiger partial charge in [-0.3, -0.25) is 4.79 Å². The maximum absolute atomic E-state index is 12.9. The maximum atomic E-state index is 12.9. The van der Waals surface area contributed by atoms with E-state index in [9.17, 15) is 9.18 Å². The lowest BCUT2D eigenvalue weighted by atomic mass is 10.1. The zero-order chi connectivity index (χ0) is 18.5. The molecule has 4 nitrogen and oxygen atoms in total. The number of carbonyl (C=O) groups is 1. The third-order valence-corrected chi connectivity index (χ3v) is 4.41. The molecule has 5 heteroatoms. The fourth-order valence-corrected chi connectivity index (χ4v) is 3.10. The minimum absolute atomic E-state index is 0.0495. The van der Waals surface area contributed by atoms with Crippen molar-refractivity contribution >= 4 is 5.91 Å². The van der Waals surface area contributed by atoms with Crippen LogP contribution >= 0.6 is 0 Å². The SMILES string of the molecule is CCOc1cc2c(cc1CNC(=O)CCc1ccc(F)cc1)O[C@@H](C)C2. The van der Waals surface area contributed by atoms with Gasteiger partial charge in [-0.2, -0.15) is 0 Å². The third kappa shape index (κ3) is 4.54. The van der Waals surface area contributed by atoms with Crippen LogP contribution in [0.25, 0.3) is 0 Å². The average molecular weight is 357 g/mol. The van der Waals surface area contributed by atoms with E-state index in [4.69, 9.17) is 9.47 Å². The van der Waals surface area contributed by atoms with Crippen molar-refractivity contribution in [2.45, 2.75) is 45.8 Å². The molecular formula is C21H24FNO3. The average Bonchev–Trinajstić information content (AvgIpc) is 2.98. The Hall–Kier alpha value is -2.56. The minimum Gasteiger partial charge on any atom is -0.494 e. The van der Waals surface area contributed by atoms with Crippen molar-refractivity contribution in [3.05, 3.63) is 58.9 Å². The van der Waals surface area contributed by atoms with E-state index in [0.29, 0.717) is 26.0 Å². The zero-order valence-electron chi connectivity index (χ0n) is 15.2. The summed E-state index contributed by atoms with van der Waals surface area (Å²) in [5, 5.41) is 2.93. The molecule has 2 aromatic carbocycles. The first-order valence-corrected chi connectivity index (χ1v) is 9.01. The number of amides is 1. The van der Waals surface area contributed by atoms with Crippen molar-refractivity contribution in [3.8, 4) is 11.5 Å². The van der Waals surface area contributed by atoms with Gasteiger partial charge in [0.15, 0.2) is 0 Å². The smallest absolute Gasteiger partial charge is 0.220 e. The second-order valence-electron chi connectivity index (χ2n) is 6.54. The fraction of sp³-hybridized carbons (Fsp3) is 0.381. The van der Waals surface area contributed by atoms with Crippen LogP contribution < -0.4 is 14.8 Å². The van der Waals surface area contributed by atoms with E-state index in [1.54, 1.807) is 12.1 Å². The molecule has 2 aromatic rings. The Morgan fingerprint density at radius 3 is 2.81 bits per heavy atom. The predicted molar refractivity (Wildman–Crippen MR) is 98.0 cm³/mol. The number of rotatable bonds is 7. The van der Waals surface area contributed by atoms with Crippen LogP contribution in [0, 0.1) is 5.82 Å². The van der Waals surface area contributed by atoms with Crippen LogP contribution in [-0.2, 0) is 24.2 Å². The van der Waals surface area contributed by atoms with Crippen molar-refractivity contribution in [1.29, 1.82) is 0 Å². The van der Waals surface area contributed by atoms with Crippen LogP contribution in [0.2, 0.25) is 0 Å². The second kappa shape index (κ2) is 8.21. The van der Waals surface area contributed by atoms with Crippen molar-refractivity contribution in [1.82, 2.24) is 5.32 Å². The van der Waals surface area contributed by atoms with Crippen molar-refractivity contribution in [2.75, 3.05) is 6.61 Å². The summed E-state index contributed by atoms with van der Waals surface area (Å²) >= 11 is 0. The molecule has 0 spiro atoms. The topological polar surface area (TPSA) is 47.6 Å². The number of benzene rings is 2. The van der Waals surface area contributed by atoms with E-state index < -0.39 is 0 Å². The second-order valence-corrected chi connectivity index (χ2v) is 6.54. The number of halogens is 1. The van der Waals surface area contributed by atoms with Crippen LogP contribution in [0.1, 0.15) is 37.0 Å². The number of nitrogens with one attached hydrogen (secondary N) is 1. The standard InChI is InChI=1S/C21H24FNO3/c1-3-25-19-11-16-10-14(2)26-20(16)12-17(19)13-23-21(24)9-6-15-4-7-18(22)8-5-15/h4-5,7-8,11-12,14H,3,6,9-10,13H2,1-2H3,(H,23,24)/t14-/m0/s1. The van der Waals surface area contributed by atoms with Crippen molar-refractivity contribution in [2.24, 2.45) is 0 Å². The van der Waals surface area contributed by atoms with Gasteiger partial charge in [0, 0.05) is 30.5 Å². The number of hydrogen-bond acceptors (Lipinski definition) is 3. The Kier molecular flexibility index (Phi) is 5.76. The van der Waals surface area contributed by atoms with Crippen molar-refractivity contribution in [3.63, 3.8) is 0 Å². The normalized spacial score (nSPS) is 15.3. The van der Waals surface area contributed by atoms with E-state index in [-0.39, 0.29) is 17.8 Å². The molecule has 3 rings (SSSR count). The first-order valence-electron chi connectivity index (χ1n) is 9.01. The molecule has 0 unspecified atom stereocenters. The number of aryl methyl sites for hydroxylation is 1. The third-order valence-electron chi connectivity index (χ3n) is 4.41. The van der Waals surface area contributed by atoms with Crippen LogP contribution in [-0.4, -0.2) is 18.6 Å². The molecule has 0 saturated heterocycles. The minimum atomic E-state index is -0.269. The first-order chi connectivity index (χ1) is 12.5. The van der Waals surface area contributed by atoms with Crippen LogP contribution in [0.4, 0.5) is 4.39 Å². The Bertz CT molecular complexity index is 774. The molecule has 26 heavy (non-hydrogen) atoms. The highest BCUT2D eigenvalue weighted by Gasteiger charge is 2.22. The molecule has 0 saturated carbocycles. The number of carbonyl (C=O) groups excluding carboxylic acids is 1. The summed E-state index contributed by atoms with van der Waals surface area (Å²) in [4.78, 5) is 12.2. The number of hydrogen-bond donors (Lipinski definition) is 1. The number of ether oxygens (including phenoxy) is 2. The Morgan fingerprint density at radius 2 is 2.08 bits per heavy atom. The maximum Gasteiger partial charge on any atom is 0.220 e. The van der Waals surface area contributed by atoms with Crippen LogP contribution in [0.3, 0.4) is 0 Å². The zero-order valence-corrected chi connectivity index (χ0v) is 15.2. The van der Waals surface area contributed by atoms with Crippen molar-refractivity contribution < 1.29 is 18.7 Å². The van der Waals surface area contributed by atoms with Gasteiger partial charge in [0.05, 0.1) is 6.61 Å². The van der Waals surface area contributed by atoms with Gasteiger partial charge in [-0.25, -0.2) is 4.39 Å². The lowest BCUT2D eigenvalue weighted by Crippen LogP contribution is -2.23. The largest absolute Gasteiger partial charge is 0.494 e. The predicted octanol–water partition coefficient (Wildman–Crippen LogP) is 3.80. The van der Waals surface area contributed by atoms with Gasteiger partial charge in [-0.05, 0) is 50.1 Å². The monoisotopic (exact) mass is 357 g/mol. The van der Waals surface area contributed by atoms with E-state index in [0.717, 1.165) is 34.6 Å². The highest BCUT2D eigenvalue weighted by atomic mass is 19.1. The Labute approximate surface area is 153 Å². The molecule has 0 aliphatic carbocycles. The molecule has 0 aromatic heterocycles. The summed E-state index contributed by atoms with van der Waals surface area (Å²) in [7, 11) is 0. The molecule has 0 radical (unpaired) electrons. The summed E-state index contributed by atoms with van der Waals surface area (Å²) in [6.07, 6.45) is 1.98. The van der Waals surface area contributed by atoms with Gasteiger partial charge >= 0.3 is 0 Å². The van der Waals surface area contributed by atoms with Gasteiger partial charge in [-0.1, -0.05) is 12.1 Å². The lowest BCUT2D eigenvalue weighted by molar-refractivity contribution is -0.121. The van der Waals surface area contributed by atoms with Crippen LogP contribution in [0.15, 0.2) is 36.4 Å². The van der Waals surface area contributed by atoms with Gasteiger partial charge in [0.2, 0.25) is 5.91 Å². The van der Waals surface area contributed by atoms with Gasteiger partial charge in [-0.15, -0.1) is 0 Å². The summed E-state index contributed by atoms with van der Waals surface area (Å²) in [6.45, 7) is 4.94. The molecule has 1 amide bonds. The summed E-state index contributed by atoms with van der Waals surface area (Å²) in [5.74, 6) is 1.35. The van der Waals surface area contributed by atoms with E-state index in [1.165, 1.54) is 12.1 Å².